The number of aryl methyl sites for hydroxylation is 1. The molecule has 1 saturated heterocycles. The lowest BCUT2D eigenvalue weighted by atomic mass is 9.94. The molecule has 0 bridgehead atoms. The molecule has 3 heterocycles. The van der Waals surface area contributed by atoms with Crippen LogP contribution in [-0.2, 0) is 20.1 Å². The maximum absolute atomic E-state index is 13.0. The molecule has 1 aromatic heterocycles. The number of aromatic nitrogens is 2. The van der Waals surface area contributed by atoms with E-state index in [2.05, 4.69) is 16.2 Å². The second-order valence-corrected chi connectivity index (χ2v) is 8.29. The quantitative estimate of drug-likeness (QED) is 0.537. The summed E-state index contributed by atoms with van der Waals surface area (Å²) >= 11 is 0. The monoisotopic (exact) mass is 458 g/mol. The average molecular weight is 459 g/mol. The summed E-state index contributed by atoms with van der Waals surface area (Å²) in [5.74, 6) is 0.881. The van der Waals surface area contributed by atoms with Crippen molar-refractivity contribution in [3.05, 3.63) is 83.4 Å². The van der Waals surface area contributed by atoms with Crippen molar-refractivity contribution in [3.8, 4) is 11.4 Å². The molecule has 174 valence electrons. The van der Waals surface area contributed by atoms with Gasteiger partial charge >= 0.3 is 11.7 Å². The lowest BCUT2D eigenvalue weighted by molar-refractivity contribution is -0.186. The lowest BCUT2D eigenvalue weighted by Crippen LogP contribution is -2.54. The fourth-order valence-electron chi connectivity index (χ4n) is 4.56. The highest BCUT2D eigenvalue weighted by atomic mass is 16.7. The Balaban J connectivity index is 1.50. The van der Waals surface area contributed by atoms with Gasteiger partial charge in [-0.25, -0.2) is 9.78 Å². The number of carbonyl (C=O) groups is 1. The fourth-order valence-corrected chi connectivity index (χ4v) is 4.56. The van der Waals surface area contributed by atoms with Crippen LogP contribution in [0.3, 0.4) is 0 Å². The molecule has 2 aliphatic rings. The van der Waals surface area contributed by atoms with Gasteiger partial charge in [0.2, 0.25) is 0 Å². The van der Waals surface area contributed by atoms with E-state index in [-0.39, 0.29) is 0 Å². The number of amidine groups is 1. The van der Waals surface area contributed by atoms with E-state index in [1.807, 2.05) is 71.1 Å². The van der Waals surface area contributed by atoms with Crippen LogP contribution >= 0.6 is 0 Å². The summed E-state index contributed by atoms with van der Waals surface area (Å²) in [6.07, 6.45) is 7.46. The third-order valence-electron chi connectivity index (χ3n) is 6.18. The first-order valence-electron chi connectivity index (χ1n) is 11.1. The van der Waals surface area contributed by atoms with Crippen LogP contribution in [0.4, 0.5) is 0 Å². The largest absolute Gasteiger partial charge is 0.495 e. The number of benzene rings is 2. The minimum absolute atomic E-state index is 0.500. The van der Waals surface area contributed by atoms with E-state index in [4.69, 9.17) is 14.3 Å². The first-order valence-corrected chi connectivity index (χ1v) is 11.1. The van der Waals surface area contributed by atoms with E-state index >= 15 is 0 Å². The Kier molecular flexibility index (Phi) is 5.57. The summed E-state index contributed by atoms with van der Waals surface area (Å²) in [5, 5.41) is 4.37. The molecule has 1 unspecified atom stereocenters. The molecular weight excluding hydrogens is 432 g/mol. The smallest absolute Gasteiger partial charge is 0.380 e. The minimum Gasteiger partial charge on any atom is -0.495 e. The van der Waals surface area contributed by atoms with Gasteiger partial charge in [-0.15, -0.1) is 0 Å². The normalized spacial score (nSPS) is 20.5. The van der Waals surface area contributed by atoms with Gasteiger partial charge in [0.15, 0.2) is 5.84 Å². The number of methoxy groups -OCH3 is 2. The van der Waals surface area contributed by atoms with E-state index in [0.29, 0.717) is 17.9 Å². The zero-order chi connectivity index (χ0) is 23.7. The topological polar surface area (TPSA) is 78.2 Å². The third kappa shape index (κ3) is 3.51. The van der Waals surface area contributed by atoms with Gasteiger partial charge in [0.1, 0.15) is 5.75 Å². The number of piperidine rings is 1. The van der Waals surface area contributed by atoms with E-state index in [9.17, 15) is 4.79 Å². The van der Waals surface area contributed by atoms with Crippen LogP contribution in [0.2, 0.25) is 0 Å². The lowest BCUT2D eigenvalue weighted by Gasteiger charge is -2.37. The number of esters is 1. The molecule has 8 nitrogen and oxygen atoms in total. The van der Waals surface area contributed by atoms with Crippen molar-refractivity contribution in [2.45, 2.75) is 25.5 Å². The van der Waals surface area contributed by atoms with Gasteiger partial charge in [0.05, 0.1) is 31.9 Å². The van der Waals surface area contributed by atoms with Crippen molar-refractivity contribution >= 4 is 17.9 Å². The van der Waals surface area contributed by atoms with E-state index in [1.54, 1.807) is 13.4 Å². The van der Waals surface area contributed by atoms with Crippen molar-refractivity contribution < 1.29 is 19.1 Å². The molecule has 2 aliphatic heterocycles. The zero-order valence-electron chi connectivity index (χ0n) is 19.4. The summed E-state index contributed by atoms with van der Waals surface area (Å²) < 4.78 is 12.8. The summed E-state index contributed by atoms with van der Waals surface area (Å²) in [7, 11) is 3.02. The number of oxime groups is 1. The maximum Gasteiger partial charge on any atom is 0.380 e. The van der Waals surface area contributed by atoms with Crippen LogP contribution in [0.15, 0.2) is 71.8 Å². The van der Waals surface area contributed by atoms with Crippen molar-refractivity contribution in [1.82, 2.24) is 14.5 Å². The van der Waals surface area contributed by atoms with Crippen LogP contribution in [0.5, 0.6) is 5.75 Å². The number of ether oxygens (including phenoxy) is 2. The Morgan fingerprint density at radius 3 is 2.71 bits per heavy atom. The molecule has 0 radical (unpaired) electrons. The zero-order valence-corrected chi connectivity index (χ0v) is 19.4. The molecule has 2 aromatic carbocycles. The number of imidazole rings is 1. The molecule has 0 amide bonds. The SMILES string of the molecule is COC(=O)C1(c2ccccc2)ON=C2C(=Cc3ccc(-n4cnc(C)c4)c(OC)c3)CCCN21. The number of rotatable bonds is 5. The Bertz CT molecular complexity index is 1280. The van der Waals surface area contributed by atoms with Gasteiger partial charge in [-0.1, -0.05) is 41.6 Å². The van der Waals surface area contributed by atoms with Crippen molar-refractivity contribution in [2.75, 3.05) is 20.8 Å². The Morgan fingerprint density at radius 1 is 1.18 bits per heavy atom. The molecule has 5 rings (SSSR count). The number of hydrogen-bond donors (Lipinski definition) is 0. The highest BCUT2D eigenvalue weighted by Crippen LogP contribution is 2.41. The van der Waals surface area contributed by atoms with Crippen LogP contribution in [-0.4, -0.2) is 47.0 Å². The molecule has 0 spiro atoms. The second kappa shape index (κ2) is 8.70. The maximum atomic E-state index is 13.0. The molecule has 3 aromatic rings. The molecule has 1 fully saturated rings. The molecule has 8 heteroatoms. The Morgan fingerprint density at radius 2 is 2.00 bits per heavy atom. The van der Waals surface area contributed by atoms with Crippen molar-refractivity contribution in [1.29, 1.82) is 0 Å². The van der Waals surface area contributed by atoms with Crippen LogP contribution in [0, 0.1) is 6.92 Å². The van der Waals surface area contributed by atoms with Gasteiger partial charge in [-0.3, -0.25) is 0 Å². The third-order valence-corrected chi connectivity index (χ3v) is 6.18. The summed E-state index contributed by atoms with van der Waals surface area (Å²) in [5.41, 5.74) is 3.05. The van der Waals surface area contributed by atoms with E-state index in [0.717, 1.165) is 41.1 Å². The van der Waals surface area contributed by atoms with Crippen LogP contribution in [0.25, 0.3) is 11.8 Å². The van der Waals surface area contributed by atoms with Crippen LogP contribution in [0.1, 0.15) is 29.7 Å². The predicted octanol–water partition coefficient (Wildman–Crippen LogP) is 4.04. The number of carbonyl (C=O) groups excluding carboxylic acids is 1. The Hall–Kier alpha value is -4.07. The van der Waals surface area contributed by atoms with Crippen molar-refractivity contribution in [3.63, 3.8) is 0 Å². The van der Waals surface area contributed by atoms with Crippen molar-refractivity contribution in [2.24, 2.45) is 5.16 Å². The van der Waals surface area contributed by atoms with Gasteiger partial charge < -0.3 is 23.8 Å². The highest BCUT2D eigenvalue weighted by molar-refractivity contribution is 6.06. The number of fused-ring (bicyclic) bond motifs is 1. The van der Waals surface area contributed by atoms with E-state index in [1.165, 1.54) is 7.11 Å². The van der Waals surface area contributed by atoms with Gasteiger partial charge in [0.25, 0.3) is 0 Å². The molecular formula is C26H26N4O4. The average Bonchev–Trinajstić information content (AvgIpc) is 3.49. The summed E-state index contributed by atoms with van der Waals surface area (Å²) in [6.45, 7) is 2.58. The number of nitrogens with zero attached hydrogens (tertiary/aromatic N) is 4. The molecule has 1 atom stereocenters. The molecule has 0 saturated carbocycles. The Labute approximate surface area is 198 Å². The summed E-state index contributed by atoms with van der Waals surface area (Å²) in [6, 6.07) is 15.4. The first kappa shape index (κ1) is 21.8. The van der Waals surface area contributed by atoms with Gasteiger partial charge in [-0.05, 0) is 49.1 Å². The van der Waals surface area contributed by atoms with Crippen LogP contribution < -0.4 is 4.74 Å². The first-order chi connectivity index (χ1) is 16.6. The molecule has 0 N–H and O–H groups in total. The predicted molar refractivity (Wildman–Crippen MR) is 127 cm³/mol. The van der Waals surface area contributed by atoms with Gasteiger partial charge in [-0.2, -0.15) is 0 Å². The number of hydrogen-bond acceptors (Lipinski definition) is 7. The molecule has 34 heavy (non-hydrogen) atoms. The second-order valence-electron chi connectivity index (χ2n) is 8.29. The minimum atomic E-state index is -1.42. The standard InChI is InChI=1S/C26H26N4O4/c1-18-16-29(17-27-18)22-12-11-19(15-23(22)32-2)14-20-8-7-13-30-24(20)28-34-26(30,25(31)33-3)21-9-5-4-6-10-21/h4-6,9-12,14-17H,7-8,13H2,1-3H3. The molecule has 0 aliphatic carbocycles. The highest BCUT2D eigenvalue weighted by Gasteiger charge is 2.56. The van der Waals surface area contributed by atoms with Gasteiger partial charge in [0, 0.05) is 18.3 Å². The van der Waals surface area contributed by atoms with E-state index < -0.39 is 11.7 Å². The fraction of sp³-hybridized carbons (Fsp3) is 0.269. The summed E-state index contributed by atoms with van der Waals surface area (Å²) in [4.78, 5) is 25.1.